The van der Waals surface area contributed by atoms with Gasteiger partial charge in [-0.15, -0.1) is 0 Å². The molecule has 0 radical (unpaired) electrons. The molecule has 98 valence electrons. The zero-order valence-corrected chi connectivity index (χ0v) is 11.7. The summed E-state index contributed by atoms with van der Waals surface area (Å²) >= 11 is 0. The second kappa shape index (κ2) is 9.03. The Morgan fingerprint density at radius 1 is 1.35 bits per heavy atom. The number of carbonyl (C=O) groups is 1. The first-order valence-corrected chi connectivity index (χ1v) is 6.47. The van der Waals surface area contributed by atoms with Gasteiger partial charge in [-0.3, -0.25) is 4.79 Å². The summed E-state index contributed by atoms with van der Waals surface area (Å²) in [6, 6.07) is 0. The lowest BCUT2D eigenvalue weighted by atomic mass is 10.1. The molecule has 0 aromatic rings. The van der Waals surface area contributed by atoms with Gasteiger partial charge in [-0.1, -0.05) is 31.6 Å². The van der Waals surface area contributed by atoms with Crippen molar-refractivity contribution in [2.75, 3.05) is 0 Å². The van der Waals surface area contributed by atoms with Crippen LogP contribution in [0.2, 0.25) is 0 Å². The summed E-state index contributed by atoms with van der Waals surface area (Å²) in [5.74, 6) is -0.115. The maximum atomic E-state index is 11.7. The van der Waals surface area contributed by atoms with Gasteiger partial charge in [-0.05, 0) is 45.6 Å². The van der Waals surface area contributed by atoms with Crippen molar-refractivity contribution in [2.45, 2.75) is 65.9 Å². The maximum Gasteiger partial charge on any atom is 0.306 e. The fourth-order valence-corrected chi connectivity index (χ4v) is 1.46. The second-order valence-corrected chi connectivity index (χ2v) is 4.60. The molecule has 0 spiro atoms. The van der Waals surface area contributed by atoms with Crippen LogP contribution in [0.25, 0.3) is 0 Å². The van der Waals surface area contributed by atoms with Gasteiger partial charge in [0.2, 0.25) is 0 Å². The van der Waals surface area contributed by atoms with E-state index < -0.39 is 0 Å². The first-order chi connectivity index (χ1) is 8.01. The molecular weight excluding hydrogens is 212 g/mol. The van der Waals surface area contributed by atoms with E-state index in [2.05, 4.69) is 13.5 Å². The largest absolute Gasteiger partial charge is 0.458 e. The third-order valence-electron chi connectivity index (χ3n) is 2.86. The summed E-state index contributed by atoms with van der Waals surface area (Å²) in [5.41, 5.74) is 2.16. The summed E-state index contributed by atoms with van der Waals surface area (Å²) in [6.07, 6.45) is 6.24. The van der Waals surface area contributed by atoms with E-state index in [9.17, 15) is 4.79 Å². The van der Waals surface area contributed by atoms with Gasteiger partial charge < -0.3 is 4.74 Å². The molecule has 0 aliphatic heterocycles. The van der Waals surface area contributed by atoms with Crippen molar-refractivity contribution >= 4 is 5.97 Å². The van der Waals surface area contributed by atoms with Crippen molar-refractivity contribution in [1.29, 1.82) is 0 Å². The number of unbranched alkanes of at least 4 members (excludes halogenated alkanes) is 1. The molecule has 0 aliphatic carbocycles. The van der Waals surface area contributed by atoms with Gasteiger partial charge in [0.15, 0.2) is 0 Å². The zero-order chi connectivity index (χ0) is 13.3. The normalized spacial score (nSPS) is 13.3. The quantitative estimate of drug-likeness (QED) is 0.462. The molecule has 0 heterocycles. The fourth-order valence-electron chi connectivity index (χ4n) is 1.46. The average molecular weight is 238 g/mol. The number of hydrogen-bond donors (Lipinski definition) is 0. The van der Waals surface area contributed by atoms with Crippen LogP contribution in [-0.2, 0) is 9.53 Å². The monoisotopic (exact) mass is 238 g/mol. The van der Waals surface area contributed by atoms with E-state index in [-0.39, 0.29) is 12.1 Å². The highest BCUT2D eigenvalue weighted by Gasteiger charge is 2.14. The molecule has 0 rings (SSSR count). The standard InChI is InChI=1S/C15H26O2/c1-6-8-9-14(12(3)4)17-15(16)11-10-13(5)7-2/h7,14H,3,6,8-11H2,1-2,4-5H3/b13-7+. The van der Waals surface area contributed by atoms with Crippen molar-refractivity contribution in [3.8, 4) is 0 Å². The summed E-state index contributed by atoms with van der Waals surface area (Å²) in [5, 5.41) is 0. The van der Waals surface area contributed by atoms with Gasteiger partial charge >= 0.3 is 5.97 Å². The highest BCUT2D eigenvalue weighted by atomic mass is 16.5. The lowest BCUT2D eigenvalue weighted by Crippen LogP contribution is -2.19. The average Bonchev–Trinajstić information content (AvgIpc) is 2.30. The lowest BCUT2D eigenvalue weighted by molar-refractivity contribution is -0.147. The van der Waals surface area contributed by atoms with E-state index >= 15 is 0 Å². The van der Waals surface area contributed by atoms with Gasteiger partial charge in [0.25, 0.3) is 0 Å². The second-order valence-electron chi connectivity index (χ2n) is 4.60. The molecule has 1 atom stereocenters. The molecule has 0 saturated heterocycles. The predicted octanol–water partition coefficient (Wildman–Crippen LogP) is 4.41. The summed E-state index contributed by atoms with van der Waals surface area (Å²) in [7, 11) is 0. The van der Waals surface area contributed by atoms with Gasteiger partial charge in [0, 0.05) is 6.42 Å². The Morgan fingerprint density at radius 2 is 2.00 bits per heavy atom. The predicted molar refractivity (Wildman–Crippen MR) is 72.9 cm³/mol. The molecule has 2 nitrogen and oxygen atoms in total. The van der Waals surface area contributed by atoms with E-state index in [4.69, 9.17) is 4.74 Å². The summed E-state index contributed by atoms with van der Waals surface area (Å²) in [4.78, 5) is 11.7. The first-order valence-electron chi connectivity index (χ1n) is 6.47. The molecule has 17 heavy (non-hydrogen) atoms. The summed E-state index contributed by atoms with van der Waals surface area (Å²) in [6.45, 7) is 12.0. The Labute approximate surface area is 106 Å². The Balaban J connectivity index is 4.08. The topological polar surface area (TPSA) is 26.3 Å². The van der Waals surface area contributed by atoms with Crippen LogP contribution in [0.3, 0.4) is 0 Å². The van der Waals surface area contributed by atoms with E-state index in [0.29, 0.717) is 6.42 Å². The molecule has 0 aliphatic rings. The first kappa shape index (κ1) is 16.0. The number of rotatable bonds is 8. The Morgan fingerprint density at radius 3 is 2.47 bits per heavy atom. The highest BCUT2D eigenvalue weighted by molar-refractivity contribution is 5.70. The molecule has 0 amide bonds. The number of carbonyl (C=O) groups excluding carboxylic acids is 1. The van der Waals surface area contributed by atoms with Crippen molar-refractivity contribution in [3.63, 3.8) is 0 Å². The molecule has 0 aromatic carbocycles. The van der Waals surface area contributed by atoms with Crippen molar-refractivity contribution < 1.29 is 9.53 Å². The number of allylic oxidation sites excluding steroid dienone is 2. The van der Waals surface area contributed by atoms with Crippen molar-refractivity contribution in [1.82, 2.24) is 0 Å². The molecule has 1 unspecified atom stereocenters. The number of hydrogen-bond acceptors (Lipinski definition) is 2. The third kappa shape index (κ3) is 7.78. The minimum atomic E-state index is -0.115. The Kier molecular flexibility index (Phi) is 8.47. The fraction of sp³-hybridized carbons (Fsp3) is 0.667. The Hall–Kier alpha value is -1.05. The van der Waals surface area contributed by atoms with Crippen LogP contribution >= 0.6 is 0 Å². The SMILES string of the molecule is C=C(C)C(CCCC)OC(=O)CC/C(C)=C/C. The van der Waals surface area contributed by atoms with Crippen LogP contribution in [0.5, 0.6) is 0 Å². The van der Waals surface area contributed by atoms with E-state index in [1.165, 1.54) is 5.57 Å². The van der Waals surface area contributed by atoms with E-state index in [1.807, 2.05) is 26.8 Å². The van der Waals surface area contributed by atoms with Gasteiger partial charge in [0.1, 0.15) is 6.10 Å². The van der Waals surface area contributed by atoms with Crippen molar-refractivity contribution in [3.05, 3.63) is 23.8 Å². The van der Waals surface area contributed by atoms with Crippen LogP contribution < -0.4 is 0 Å². The van der Waals surface area contributed by atoms with Gasteiger partial charge in [-0.25, -0.2) is 0 Å². The number of esters is 1. The summed E-state index contributed by atoms with van der Waals surface area (Å²) < 4.78 is 5.44. The van der Waals surface area contributed by atoms with Crippen LogP contribution in [0.4, 0.5) is 0 Å². The van der Waals surface area contributed by atoms with E-state index in [0.717, 1.165) is 31.3 Å². The maximum absolute atomic E-state index is 11.7. The van der Waals surface area contributed by atoms with E-state index in [1.54, 1.807) is 0 Å². The lowest BCUT2D eigenvalue weighted by Gasteiger charge is -2.17. The minimum Gasteiger partial charge on any atom is -0.458 e. The zero-order valence-electron chi connectivity index (χ0n) is 11.7. The van der Waals surface area contributed by atoms with Crippen molar-refractivity contribution in [2.24, 2.45) is 0 Å². The van der Waals surface area contributed by atoms with Gasteiger partial charge in [0.05, 0.1) is 0 Å². The molecule has 0 N–H and O–H groups in total. The minimum absolute atomic E-state index is 0.103. The molecule has 2 heteroatoms. The Bertz CT molecular complexity index is 277. The number of ether oxygens (including phenoxy) is 1. The molecule has 0 saturated carbocycles. The van der Waals surface area contributed by atoms with Gasteiger partial charge in [-0.2, -0.15) is 0 Å². The third-order valence-corrected chi connectivity index (χ3v) is 2.86. The van der Waals surface area contributed by atoms with Crippen LogP contribution in [0.15, 0.2) is 23.8 Å². The van der Waals surface area contributed by atoms with Crippen LogP contribution in [0.1, 0.15) is 59.8 Å². The highest BCUT2D eigenvalue weighted by Crippen LogP contribution is 2.14. The molecule has 0 aromatic heterocycles. The molecule has 0 bridgehead atoms. The molecule has 0 fully saturated rings. The van der Waals surface area contributed by atoms with Crippen LogP contribution in [-0.4, -0.2) is 12.1 Å². The molecular formula is C15H26O2. The van der Waals surface area contributed by atoms with Crippen LogP contribution in [0, 0.1) is 0 Å². The smallest absolute Gasteiger partial charge is 0.306 e.